The van der Waals surface area contributed by atoms with Crippen LogP contribution >= 0.6 is 11.3 Å². The second-order valence-electron chi connectivity index (χ2n) is 4.36. The van der Waals surface area contributed by atoms with Gasteiger partial charge in [-0.3, -0.25) is 0 Å². The molecule has 0 saturated carbocycles. The highest BCUT2D eigenvalue weighted by Gasteiger charge is 2.09. The van der Waals surface area contributed by atoms with Crippen LogP contribution in [0, 0.1) is 20.8 Å². The number of hydrogen-bond donors (Lipinski definition) is 1. The topological polar surface area (TPSA) is 24.9 Å². The zero-order valence-electron chi connectivity index (χ0n) is 10.8. The van der Waals surface area contributed by atoms with Gasteiger partial charge in [-0.15, -0.1) is 11.3 Å². The van der Waals surface area contributed by atoms with Gasteiger partial charge < -0.3 is 5.32 Å². The third-order valence-electron chi connectivity index (χ3n) is 2.98. The Labute approximate surface area is 107 Å². The normalized spacial score (nSPS) is 10.8. The molecule has 2 aromatic rings. The average Bonchev–Trinajstić information content (AvgIpc) is 2.65. The number of hydrogen-bond acceptors (Lipinski definition) is 3. The molecule has 0 unspecified atom stereocenters. The SMILES string of the molecule is CNCc1sc(-c2ccc(C)c(C)c2)nc1C. The molecule has 2 nitrogen and oxygen atoms in total. The molecule has 2 rings (SSSR count). The summed E-state index contributed by atoms with van der Waals surface area (Å²) in [6.45, 7) is 7.26. The van der Waals surface area contributed by atoms with Crippen molar-refractivity contribution in [3.8, 4) is 10.6 Å². The summed E-state index contributed by atoms with van der Waals surface area (Å²) in [7, 11) is 1.97. The van der Waals surface area contributed by atoms with E-state index in [1.165, 1.54) is 21.6 Å². The summed E-state index contributed by atoms with van der Waals surface area (Å²) in [5.74, 6) is 0. The number of rotatable bonds is 3. The molecule has 0 aliphatic heterocycles. The number of nitrogens with one attached hydrogen (secondary N) is 1. The third-order valence-corrected chi connectivity index (χ3v) is 4.19. The molecule has 17 heavy (non-hydrogen) atoms. The fourth-order valence-corrected chi connectivity index (χ4v) is 2.82. The van der Waals surface area contributed by atoms with E-state index in [-0.39, 0.29) is 0 Å². The Kier molecular flexibility index (Phi) is 3.60. The van der Waals surface area contributed by atoms with Gasteiger partial charge in [-0.05, 0) is 45.0 Å². The second-order valence-corrected chi connectivity index (χ2v) is 5.44. The maximum atomic E-state index is 4.65. The highest BCUT2D eigenvalue weighted by molar-refractivity contribution is 7.15. The van der Waals surface area contributed by atoms with Crippen LogP contribution in [0.4, 0.5) is 0 Å². The summed E-state index contributed by atoms with van der Waals surface area (Å²) in [6, 6.07) is 6.54. The van der Waals surface area contributed by atoms with Crippen molar-refractivity contribution in [2.75, 3.05) is 7.05 Å². The van der Waals surface area contributed by atoms with Crippen LogP contribution in [0.1, 0.15) is 21.7 Å². The lowest BCUT2D eigenvalue weighted by Crippen LogP contribution is -2.04. The summed E-state index contributed by atoms with van der Waals surface area (Å²) in [6.07, 6.45) is 0. The van der Waals surface area contributed by atoms with Gasteiger partial charge in [0.2, 0.25) is 0 Å². The quantitative estimate of drug-likeness (QED) is 0.897. The molecule has 90 valence electrons. The smallest absolute Gasteiger partial charge is 0.123 e. The minimum atomic E-state index is 0.897. The van der Waals surface area contributed by atoms with Gasteiger partial charge in [0.15, 0.2) is 0 Å². The van der Waals surface area contributed by atoms with Gasteiger partial charge in [-0.25, -0.2) is 4.98 Å². The highest BCUT2D eigenvalue weighted by Crippen LogP contribution is 2.29. The molecule has 1 aromatic carbocycles. The van der Waals surface area contributed by atoms with Crippen LogP contribution in [0.15, 0.2) is 18.2 Å². The summed E-state index contributed by atoms with van der Waals surface area (Å²) >= 11 is 1.78. The standard InChI is InChI=1S/C14H18N2S/c1-9-5-6-12(7-10(9)2)14-16-11(3)13(17-14)8-15-4/h5-7,15H,8H2,1-4H3. The Hall–Kier alpha value is -1.19. The lowest BCUT2D eigenvalue weighted by atomic mass is 10.1. The summed E-state index contributed by atoms with van der Waals surface area (Å²) in [4.78, 5) is 5.97. The summed E-state index contributed by atoms with van der Waals surface area (Å²) in [5, 5.41) is 4.30. The molecular weight excluding hydrogens is 228 g/mol. The fraction of sp³-hybridized carbons (Fsp3) is 0.357. The van der Waals surface area contributed by atoms with Gasteiger partial charge in [-0.2, -0.15) is 0 Å². The molecule has 0 amide bonds. The number of benzene rings is 1. The van der Waals surface area contributed by atoms with Crippen LogP contribution in [-0.4, -0.2) is 12.0 Å². The van der Waals surface area contributed by atoms with Gasteiger partial charge in [0.05, 0.1) is 5.69 Å². The van der Waals surface area contributed by atoms with E-state index in [0.29, 0.717) is 0 Å². The van der Waals surface area contributed by atoms with Crippen molar-refractivity contribution in [1.29, 1.82) is 0 Å². The van der Waals surface area contributed by atoms with E-state index in [9.17, 15) is 0 Å². The molecule has 1 heterocycles. The molecule has 0 bridgehead atoms. The Morgan fingerprint density at radius 2 is 1.94 bits per heavy atom. The maximum absolute atomic E-state index is 4.65. The van der Waals surface area contributed by atoms with E-state index in [1.54, 1.807) is 11.3 Å². The van der Waals surface area contributed by atoms with E-state index < -0.39 is 0 Å². The van der Waals surface area contributed by atoms with Crippen molar-refractivity contribution in [1.82, 2.24) is 10.3 Å². The van der Waals surface area contributed by atoms with Crippen molar-refractivity contribution in [3.63, 3.8) is 0 Å². The zero-order valence-corrected chi connectivity index (χ0v) is 11.6. The number of aromatic nitrogens is 1. The van der Waals surface area contributed by atoms with Gasteiger partial charge in [-0.1, -0.05) is 12.1 Å². The predicted molar refractivity (Wildman–Crippen MR) is 74.5 cm³/mol. The molecule has 0 aliphatic carbocycles. The lowest BCUT2D eigenvalue weighted by Gasteiger charge is -2.01. The van der Waals surface area contributed by atoms with E-state index in [2.05, 4.69) is 49.3 Å². The molecule has 0 spiro atoms. The maximum Gasteiger partial charge on any atom is 0.123 e. The predicted octanol–water partition coefficient (Wildman–Crippen LogP) is 3.45. The first-order chi connectivity index (χ1) is 8.11. The Bertz CT molecular complexity index is 529. The van der Waals surface area contributed by atoms with E-state index in [0.717, 1.165) is 17.2 Å². The van der Waals surface area contributed by atoms with Crippen LogP contribution in [0.5, 0.6) is 0 Å². The van der Waals surface area contributed by atoms with Crippen LogP contribution in [-0.2, 0) is 6.54 Å². The minimum absolute atomic E-state index is 0.897. The molecule has 3 heteroatoms. The fourth-order valence-electron chi connectivity index (χ4n) is 1.75. The summed E-state index contributed by atoms with van der Waals surface area (Å²) in [5.41, 5.74) is 5.02. The number of nitrogens with zero attached hydrogens (tertiary/aromatic N) is 1. The van der Waals surface area contributed by atoms with Crippen molar-refractivity contribution in [2.45, 2.75) is 27.3 Å². The van der Waals surface area contributed by atoms with Crippen LogP contribution < -0.4 is 5.32 Å². The monoisotopic (exact) mass is 246 g/mol. The Morgan fingerprint density at radius 1 is 1.18 bits per heavy atom. The van der Waals surface area contributed by atoms with Crippen molar-refractivity contribution >= 4 is 11.3 Å². The van der Waals surface area contributed by atoms with E-state index in [1.807, 2.05) is 7.05 Å². The van der Waals surface area contributed by atoms with Crippen LogP contribution in [0.25, 0.3) is 10.6 Å². The molecule has 1 N–H and O–H groups in total. The van der Waals surface area contributed by atoms with Gasteiger partial charge in [0.25, 0.3) is 0 Å². The number of aryl methyl sites for hydroxylation is 3. The average molecular weight is 246 g/mol. The van der Waals surface area contributed by atoms with Crippen molar-refractivity contribution in [3.05, 3.63) is 39.9 Å². The molecule has 0 fully saturated rings. The molecule has 1 aromatic heterocycles. The molecule has 0 saturated heterocycles. The first kappa shape index (κ1) is 12.3. The van der Waals surface area contributed by atoms with Crippen LogP contribution in [0.3, 0.4) is 0 Å². The minimum Gasteiger partial charge on any atom is -0.315 e. The van der Waals surface area contributed by atoms with E-state index in [4.69, 9.17) is 0 Å². The molecular formula is C14H18N2S. The Balaban J connectivity index is 2.39. The van der Waals surface area contributed by atoms with Gasteiger partial charge >= 0.3 is 0 Å². The van der Waals surface area contributed by atoms with E-state index >= 15 is 0 Å². The highest BCUT2D eigenvalue weighted by atomic mass is 32.1. The molecule has 0 aliphatic rings. The zero-order chi connectivity index (χ0) is 12.4. The number of thiazole rings is 1. The largest absolute Gasteiger partial charge is 0.315 e. The first-order valence-electron chi connectivity index (χ1n) is 5.80. The van der Waals surface area contributed by atoms with Gasteiger partial charge in [0, 0.05) is 17.0 Å². The third kappa shape index (κ3) is 2.56. The van der Waals surface area contributed by atoms with Crippen molar-refractivity contribution in [2.24, 2.45) is 0 Å². The molecule has 0 radical (unpaired) electrons. The van der Waals surface area contributed by atoms with Crippen molar-refractivity contribution < 1.29 is 0 Å². The Morgan fingerprint density at radius 3 is 2.59 bits per heavy atom. The summed E-state index contributed by atoms with van der Waals surface area (Å²) < 4.78 is 0. The van der Waals surface area contributed by atoms with Crippen LogP contribution in [0.2, 0.25) is 0 Å². The molecule has 0 atom stereocenters. The lowest BCUT2D eigenvalue weighted by molar-refractivity contribution is 0.823. The first-order valence-corrected chi connectivity index (χ1v) is 6.62. The van der Waals surface area contributed by atoms with Gasteiger partial charge in [0.1, 0.15) is 5.01 Å². The second kappa shape index (κ2) is 4.98.